The molecule has 2 aliphatic heterocycles. The molecular weight excluding hydrogens is 324 g/mol. The zero-order valence-electron chi connectivity index (χ0n) is 14.8. The first-order valence-electron chi connectivity index (χ1n) is 8.80. The fourth-order valence-corrected chi connectivity index (χ4v) is 4.82. The zero-order valence-corrected chi connectivity index (χ0v) is 15.6. The number of hydrogen-bond donors (Lipinski definition) is 1. The van der Waals surface area contributed by atoms with Gasteiger partial charge in [-0.25, -0.2) is 0 Å². The fraction of sp³-hybridized carbons (Fsp3) is 0.722. The molecule has 134 valence electrons. The highest BCUT2D eigenvalue weighted by atomic mass is 32.1. The summed E-state index contributed by atoms with van der Waals surface area (Å²) in [5, 5.41) is 9.77. The van der Waals surface area contributed by atoms with Gasteiger partial charge in [-0.05, 0) is 38.8 Å². The number of aliphatic hydroxyl groups is 1. The van der Waals surface area contributed by atoms with Crippen molar-refractivity contribution in [3.8, 4) is 0 Å². The van der Waals surface area contributed by atoms with E-state index in [0.29, 0.717) is 12.5 Å². The smallest absolute Gasteiger partial charge is 0.263 e. The molecule has 24 heavy (non-hydrogen) atoms. The summed E-state index contributed by atoms with van der Waals surface area (Å²) in [5.74, 6) is 0.610. The summed E-state index contributed by atoms with van der Waals surface area (Å²) >= 11 is 1.55. The zero-order chi connectivity index (χ0) is 17.3. The predicted octanol–water partition coefficient (Wildman–Crippen LogP) is 1.85. The van der Waals surface area contributed by atoms with Crippen molar-refractivity contribution in [3.63, 3.8) is 0 Å². The van der Waals surface area contributed by atoms with Crippen LogP contribution in [0.3, 0.4) is 0 Å². The van der Waals surface area contributed by atoms with Crippen LogP contribution in [0, 0.1) is 18.8 Å². The standard InChI is InChI=1S/C18H28N2O3S/c1-12-6-19(7-13(2)23-12)8-15-9-20(10-16(15)11-21)18(22)17-5-4-14(3)24-17/h4-5,12-13,15-16,21H,6-11H2,1-3H3/t12-,13+,15-,16-/m1/s1. The van der Waals surface area contributed by atoms with Crippen molar-refractivity contribution in [1.29, 1.82) is 0 Å². The maximum Gasteiger partial charge on any atom is 0.263 e. The molecule has 6 heteroatoms. The van der Waals surface area contributed by atoms with Gasteiger partial charge >= 0.3 is 0 Å². The van der Waals surface area contributed by atoms with Gasteiger partial charge in [-0.3, -0.25) is 9.69 Å². The van der Waals surface area contributed by atoms with Crippen LogP contribution in [0.5, 0.6) is 0 Å². The van der Waals surface area contributed by atoms with E-state index in [1.807, 2.05) is 24.0 Å². The Labute approximate surface area is 148 Å². The third-order valence-corrected chi connectivity index (χ3v) is 6.03. The number of nitrogens with zero attached hydrogens (tertiary/aromatic N) is 2. The second kappa shape index (κ2) is 7.52. The lowest BCUT2D eigenvalue weighted by Crippen LogP contribution is -2.48. The number of morpholine rings is 1. The third-order valence-electron chi connectivity index (χ3n) is 5.04. The van der Waals surface area contributed by atoms with Crippen LogP contribution in [0.2, 0.25) is 0 Å². The Morgan fingerprint density at radius 2 is 1.88 bits per heavy atom. The molecule has 1 N–H and O–H groups in total. The number of carbonyl (C=O) groups is 1. The summed E-state index contributed by atoms with van der Waals surface area (Å²) in [5.41, 5.74) is 0. The molecule has 0 aliphatic carbocycles. The molecule has 1 aromatic rings. The molecule has 2 saturated heterocycles. The number of aryl methyl sites for hydroxylation is 1. The number of ether oxygens (including phenoxy) is 1. The Morgan fingerprint density at radius 3 is 2.46 bits per heavy atom. The van der Waals surface area contributed by atoms with Crippen LogP contribution < -0.4 is 0 Å². The fourth-order valence-electron chi connectivity index (χ4n) is 3.99. The molecule has 0 unspecified atom stereocenters. The highest BCUT2D eigenvalue weighted by Gasteiger charge is 2.37. The van der Waals surface area contributed by atoms with Crippen LogP contribution in [0.15, 0.2) is 12.1 Å². The number of aliphatic hydroxyl groups excluding tert-OH is 1. The van der Waals surface area contributed by atoms with E-state index >= 15 is 0 Å². The van der Waals surface area contributed by atoms with Gasteiger partial charge in [0.05, 0.1) is 17.1 Å². The Hall–Kier alpha value is -0.950. The van der Waals surface area contributed by atoms with Gasteiger partial charge in [0.15, 0.2) is 0 Å². The minimum Gasteiger partial charge on any atom is -0.396 e. The van der Waals surface area contributed by atoms with Crippen molar-refractivity contribution in [1.82, 2.24) is 9.80 Å². The molecule has 4 atom stereocenters. The molecule has 0 aromatic carbocycles. The maximum atomic E-state index is 12.7. The number of likely N-dealkylation sites (tertiary alicyclic amines) is 1. The molecule has 0 radical (unpaired) electrons. The lowest BCUT2D eigenvalue weighted by molar-refractivity contribution is -0.0726. The highest BCUT2D eigenvalue weighted by Crippen LogP contribution is 2.28. The van der Waals surface area contributed by atoms with Gasteiger partial charge in [0.2, 0.25) is 0 Å². The number of thiophene rings is 1. The molecule has 3 rings (SSSR count). The van der Waals surface area contributed by atoms with Crippen molar-refractivity contribution in [3.05, 3.63) is 21.9 Å². The number of amides is 1. The first-order valence-corrected chi connectivity index (χ1v) is 9.62. The largest absolute Gasteiger partial charge is 0.396 e. The molecular formula is C18H28N2O3S. The highest BCUT2D eigenvalue weighted by molar-refractivity contribution is 7.13. The average Bonchev–Trinajstić information content (AvgIpc) is 3.12. The third kappa shape index (κ3) is 3.99. The summed E-state index contributed by atoms with van der Waals surface area (Å²) in [6.45, 7) is 10.6. The second-order valence-corrected chi connectivity index (χ2v) is 8.59. The van der Waals surface area contributed by atoms with E-state index in [1.54, 1.807) is 11.3 Å². The summed E-state index contributed by atoms with van der Waals surface area (Å²) in [6.07, 6.45) is 0.490. The lowest BCUT2D eigenvalue weighted by atomic mass is 9.96. The van der Waals surface area contributed by atoms with Gasteiger partial charge in [-0.2, -0.15) is 0 Å². The molecule has 0 spiro atoms. The monoisotopic (exact) mass is 352 g/mol. The van der Waals surface area contributed by atoms with Crippen LogP contribution in [-0.4, -0.2) is 72.4 Å². The van der Waals surface area contributed by atoms with E-state index in [-0.39, 0.29) is 30.6 Å². The van der Waals surface area contributed by atoms with E-state index in [2.05, 4.69) is 18.7 Å². The van der Waals surface area contributed by atoms with Crippen LogP contribution in [0.1, 0.15) is 28.4 Å². The number of carbonyl (C=O) groups excluding carboxylic acids is 1. The molecule has 2 fully saturated rings. The molecule has 2 aliphatic rings. The predicted molar refractivity (Wildman–Crippen MR) is 95.5 cm³/mol. The van der Waals surface area contributed by atoms with Crippen LogP contribution in [0.4, 0.5) is 0 Å². The second-order valence-electron chi connectivity index (χ2n) is 7.30. The van der Waals surface area contributed by atoms with Crippen molar-refractivity contribution < 1.29 is 14.6 Å². The van der Waals surface area contributed by atoms with Crippen molar-refractivity contribution in [2.75, 3.05) is 39.3 Å². The normalized spacial score (nSPS) is 31.6. The molecule has 5 nitrogen and oxygen atoms in total. The maximum absolute atomic E-state index is 12.7. The molecule has 1 aromatic heterocycles. The SMILES string of the molecule is Cc1ccc(C(=O)N2C[C@@H](CN3C[C@@H](C)O[C@@H](C)C3)[C@@H](CO)C2)s1. The molecule has 3 heterocycles. The molecule has 0 bridgehead atoms. The minimum atomic E-state index is 0.109. The molecule has 0 saturated carbocycles. The van der Waals surface area contributed by atoms with E-state index in [4.69, 9.17) is 4.74 Å². The van der Waals surface area contributed by atoms with Crippen molar-refractivity contribution >= 4 is 17.2 Å². The summed E-state index contributed by atoms with van der Waals surface area (Å²) < 4.78 is 5.80. The first-order chi connectivity index (χ1) is 11.5. The topological polar surface area (TPSA) is 53.0 Å². The average molecular weight is 353 g/mol. The Balaban J connectivity index is 1.63. The van der Waals surface area contributed by atoms with Gasteiger partial charge in [0.1, 0.15) is 0 Å². The van der Waals surface area contributed by atoms with Crippen LogP contribution in [-0.2, 0) is 4.74 Å². The Bertz CT molecular complexity index is 566. The van der Waals surface area contributed by atoms with Crippen LogP contribution >= 0.6 is 11.3 Å². The van der Waals surface area contributed by atoms with Gasteiger partial charge in [-0.15, -0.1) is 11.3 Å². The van der Waals surface area contributed by atoms with Crippen molar-refractivity contribution in [2.45, 2.75) is 33.0 Å². The first kappa shape index (κ1) is 17.9. The number of hydrogen-bond acceptors (Lipinski definition) is 5. The van der Waals surface area contributed by atoms with Gasteiger partial charge < -0.3 is 14.7 Å². The van der Waals surface area contributed by atoms with Crippen LogP contribution in [0.25, 0.3) is 0 Å². The van der Waals surface area contributed by atoms with Crippen molar-refractivity contribution in [2.24, 2.45) is 11.8 Å². The molecule has 1 amide bonds. The van der Waals surface area contributed by atoms with Gasteiger partial charge in [0, 0.05) is 50.1 Å². The Morgan fingerprint density at radius 1 is 1.21 bits per heavy atom. The van der Waals surface area contributed by atoms with E-state index in [9.17, 15) is 9.90 Å². The van der Waals surface area contributed by atoms with E-state index < -0.39 is 0 Å². The quantitative estimate of drug-likeness (QED) is 0.898. The summed E-state index contributed by atoms with van der Waals surface area (Å²) in [7, 11) is 0. The lowest BCUT2D eigenvalue weighted by Gasteiger charge is -2.37. The van der Waals surface area contributed by atoms with E-state index in [0.717, 1.165) is 35.9 Å². The number of rotatable bonds is 4. The summed E-state index contributed by atoms with van der Waals surface area (Å²) in [4.78, 5) is 19.0. The van der Waals surface area contributed by atoms with Gasteiger partial charge in [0.25, 0.3) is 5.91 Å². The Kier molecular flexibility index (Phi) is 5.59. The summed E-state index contributed by atoms with van der Waals surface area (Å²) in [6, 6.07) is 3.90. The van der Waals surface area contributed by atoms with Gasteiger partial charge in [-0.1, -0.05) is 0 Å². The minimum absolute atomic E-state index is 0.109. The van der Waals surface area contributed by atoms with E-state index in [1.165, 1.54) is 0 Å².